The van der Waals surface area contributed by atoms with Crippen LogP contribution in [0.5, 0.6) is 5.75 Å². The van der Waals surface area contributed by atoms with Gasteiger partial charge in [-0.25, -0.2) is 4.79 Å². The summed E-state index contributed by atoms with van der Waals surface area (Å²) in [5, 5.41) is 6.77. The molecule has 22 heavy (non-hydrogen) atoms. The van der Waals surface area contributed by atoms with E-state index in [0.717, 1.165) is 0 Å². The first-order valence-electron chi connectivity index (χ1n) is 6.55. The smallest absolute Gasteiger partial charge is 0.360 e. The molecule has 2 aromatic rings. The highest BCUT2D eigenvalue weighted by Gasteiger charge is 2.22. The molecule has 0 bridgehead atoms. The van der Waals surface area contributed by atoms with Crippen molar-refractivity contribution >= 4 is 17.6 Å². The van der Waals surface area contributed by atoms with E-state index in [1.807, 2.05) is 0 Å². The van der Waals surface area contributed by atoms with E-state index in [2.05, 4.69) is 15.2 Å². The third kappa shape index (κ3) is 2.93. The summed E-state index contributed by atoms with van der Waals surface area (Å²) in [6, 6.07) is 6.65. The number of methoxy groups -OCH3 is 2. The Hall–Kier alpha value is -2.83. The van der Waals surface area contributed by atoms with E-state index in [4.69, 9.17) is 4.74 Å². The third-order valence-electron chi connectivity index (χ3n) is 3.30. The van der Waals surface area contributed by atoms with Crippen LogP contribution in [-0.2, 0) is 11.8 Å². The first-order valence-corrected chi connectivity index (χ1v) is 6.55. The van der Waals surface area contributed by atoms with Gasteiger partial charge in [0.25, 0.3) is 5.91 Å². The van der Waals surface area contributed by atoms with E-state index in [0.29, 0.717) is 22.7 Å². The van der Waals surface area contributed by atoms with E-state index < -0.39 is 5.97 Å². The highest BCUT2D eigenvalue weighted by molar-refractivity contribution is 6.07. The molecule has 0 atom stereocenters. The molecular weight excluding hydrogens is 286 g/mol. The predicted molar refractivity (Wildman–Crippen MR) is 80.2 cm³/mol. The molecule has 7 nitrogen and oxygen atoms in total. The second-order valence-electron chi connectivity index (χ2n) is 4.61. The number of hydrogen-bond acceptors (Lipinski definition) is 5. The lowest BCUT2D eigenvalue weighted by molar-refractivity contribution is 0.0594. The number of anilines is 1. The van der Waals surface area contributed by atoms with Crippen LogP contribution in [0.25, 0.3) is 0 Å². The number of aromatic nitrogens is 2. The zero-order valence-corrected chi connectivity index (χ0v) is 12.8. The molecule has 1 heterocycles. The Bertz CT molecular complexity index is 704. The fourth-order valence-corrected chi connectivity index (χ4v) is 1.93. The van der Waals surface area contributed by atoms with E-state index >= 15 is 0 Å². The molecule has 1 aromatic carbocycles. The van der Waals surface area contributed by atoms with Crippen LogP contribution in [0.3, 0.4) is 0 Å². The highest BCUT2D eigenvalue weighted by atomic mass is 16.5. The number of amides is 1. The van der Waals surface area contributed by atoms with Gasteiger partial charge >= 0.3 is 5.97 Å². The van der Waals surface area contributed by atoms with E-state index in [9.17, 15) is 9.59 Å². The number of nitrogens with one attached hydrogen (secondary N) is 1. The predicted octanol–water partition coefficient (Wildman–Crippen LogP) is 1.78. The fraction of sp³-hybridized carbons (Fsp3) is 0.267. The Morgan fingerprint density at radius 2 is 1.82 bits per heavy atom. The Labute approximate surface area is 127 Å². The van der Waals surface area contributed by atoms with Crippen LogP contribution in [0.4, 0.5) is 5.69 Å². The molecule has 0 saturated carbocycles. The monoisotopic (exact) mass is 303 g/mol. The van der Waals surface area contributed by atoms with Gasteiger partial charge < -0.3 is 14.8 Å². The van der Waals surface area contributed by atoms with Crippen molar-refractivity contribution in [2.24, 2.45) is 7.05 Å². The van der Waals surface area contributed by atoms with Gasteiger partial charge in [-0.3, -0.25) is 9.48 Å². The maximum absolute atomic E-state index is 12.3. The van der Waals surface area contributed by atoms with Gasteiger partial charge in [0, 0.05) is 12.6 Å². The molecule has 0 radical (unpaired) electrons. The maximum Gasteiger partial charge on any atom is 0.360 e. The fourth-order valence-electron chi connectivity index (χ4n) is 1.93. The molecule has 0 aliphatic heterocycles. The van der Waals surface area contributed by atoms with Crippen molar-refractivity contribution in [3.8, 4) is 5.75 Å². The number of rotatable bonds is 4. The first-order chi connectivity index (χ1) is 10.5. The van der Waals surface area contributed by atoms with Crippen LogP contribution in [0.2, 0.25) is 0 Å². The minimum atomic E-state index is -0.603. The van der Waals surface area contributed by atoms with Crippen molar-refractivity contribution in [3.63, 3.8) is 0 Å². The average molecular weight is 303 g/mol. The van der Waals surface area contributed by atoms with Gasteiger partial charge in [0.1, 0.15) is 5.75 Å². The Morgan fingerprint density at radius 3 is 2.36 bits per heavy atom. The molecule has 1 N–H and O–H groups in total. The minimum Gasteiger partial charge on any atom is -0.497 e. The standard InChI is InChI=1S/C15H17N3O4/c1-9-12(13(15(20)22-4)17-18(9)2)16-14(19)10-5-7-11(21-3)8-6-10/h5-8H,1-4H3,(H,16,19). The van der Waals surface area contributed by atoms with Gasteiger partial charge in [0.2, 0.25) is 0 Å². The number of nitrogens with zero attached hydrogens (tertiary/aromatic N) is 2. The molecule has 7 heteroatoms. The summed E-state index contributed by atoms with van der Waals surface area (Å²) >= 11 is 0. The zero-order chi connectivity index (χ0) is 16.3. The Morgan fingerprint density at radius 1 is 1.18 bits per heavy atom. The van der Waals surface area contributed by atoms with Gasteiger partial charge in [-0.05, 0) is 31.2 Å². The van der Waals surface area contributed by atoms with Crippen molar-refractivity contribution in [1.29, 1.82) is 0 Å². The summed E-state index contributed by atoms with van der Waals surface area (Å²) in [6.45, 7) is 1.75. The van der Waals surface area contributed by atoms with Crippen LogP contribution in [0.1, 0.15) is 26.5 Å². The van der Waals surface area contributed by atoms with Crippen molar-refractivity contribution in [2.45, 2.75) is 6.92 Å². The minimum absolute atomic E-state index is 0.0735. The van der Waals surface area contributed by atoms with Gasteiger partial charge in [-0.2, -0.15) is 5.10 Å². The van der Waals surface area contributed by atoms with E-state index in [1.54, 1.807) is 45.3 Å². The van der Waals surface area contributed by atoms with Crippen LogP contribution in [-0.4, -0.2) is 35.9 Å². The summed E-state index contributed by atoms with van der Waals surface area (Å²) < 4.78 is 11.2. The molecule has 0 saturated heterocycles. The molecular formula is C15H17N3O4. The molecule has 0 unspecified atom stereocenters. The van der Waals surface area contributed by atoms with Crippen molar-refractivity contribution in [3.05, 3.63) is 41.2 Å². The number of ether oxygens (including phenoxy) is 2. The number of esters is 1. The van der Waals surface area contributed by atoms with Gasteiger partial charge in [-0.1, -0.05) is 0 Å². The topological polar surface area (TPSA) is 82.5 Å². The molecule has 0 aliphatic rings. The van der Waals surface area contributed by atoms with E-state index in [1.165, 1.54) is 11.8 Å². The number of aryl methyl sites for hydroxylation is 1. The normalized spacial score (nSPS) is 10.2. The SMILES string of the molecule is COC(=O)c1nn(C)c(C)c1NC(=O)c1ccc(OC)cc1. The second kappa shape index (κ2) is 6.30. The highest BCUT2D eigenvalue weighted by Crippen LogP contribution is 2.21. The molecule has 0 fully saturated rings. The Kier molecular flexibility index (Phi) is 4.45. The molecule has 116 valence electrons. The largest absolute Gasteiger partial charge is 0.497 e. The van der Waals surface area contributed by atoms with Crippen LogP contribution >= 0.6 is 0 Å². The lowest BCUT2D eigenvalue weighted by atomic mass is 10.2. The average Bonchev–Trinajstić information content (AvgIpc) is 2.82. The zero-order valence-electron chi connectivity index (χ0n) is 12.8. The van der Waals surface area contributed by atoms with Gasteiger partial charge in [-0.15, -0.1) is 0 Å². The second-order valence-corrected chi connectivity index (χ2v) is 4.61. The lowest BCUT2D eigenvalue weighted by Gasteiger charge is -2.07. The van der Waals surface area contributed by atoms with E-state index in [-0.39, 0.29) is 11.6 Å². The molecule has 2 rings (SSSR count). The number of benzene rings is 1. The first kappa shape index (κ1) is 15.6. The summed E-state index contributed by atoms with van der Waals surface area (Å²) in [7, 11) is 4.50. The summed E-state index contributed by atoms with van der Waals surface area (Å²) in [6.07, 6.45) is 0. The Balaban J connectivity index is 2.29. The van der Waals surface area contributed by atoms with Gasteiger partial charge in [0.15, 0.2) is 5.69 Å². The van der Waals surface area contributed by atoms with Crippen LogP contribution in [0, 0.1) is 6.92 Å². The van der Waals surface area contributed by atoms with Crippen molar-refractivity contribution in [2.75, 3.05) is 19.5 Å². The van der Waals surface area contributed by atoms with Gasteiger partial charge in [0.05, 0.1) is 25.6 Å². The van der Waals surface area contributed by atoms with Crippen molar-refractivity contribution < 1.29 is 19.1 Å². The van der Waals surface area contributed by atoms with Crippen LogP contribution < -0.4 is 10.1 Å². The summed E-state index contributed by atoms with van der Waals surface area (Å²) in [5.74, 6) is -0.290. The molecule has 1 aromatic heterocycles. The molecule has 0 spiro atoms. The number of carbonyl (C=O) groups excluding carboxylic acids is 2. The maximum atomic E-state index is 12.3. The number of carbonyl (C=O) groups is 2. The lowest BCUT2D eigenvalue weighted by Crippen LogP contribution is -2.15. The number of hydrogen-bond donors (Lipinski definition) is 1. The van der Waals surface area contributed by atoms with Crippen molar-refractivity contribution in [1.82, 2.24) is 9.78 Å². The quantitative estimate of drug-likeness (QED) is 0.871. The summed E-state index contributed by atoms with van der Waals surface area (Å²) in [4.78, 5) is 24.0. The third-order valence-corrected chi connectivity index (χ3v) is 3.30. The molecule has 0 aliphatic carbocycles. The summed E-state index contributed by atoms with van der Waals surface area (Å²) in [5.41, 5.74) is 1.52. The molecule has 1 amide bonds. The van der Waals surface area contributed by atoms with Crippen LogP contribution in [0.15, 0.2) is 24.3 Å².